The maximum absolute atomic E-state index is 11.9. The first-order valence-electron chi connectivity index (χ1n) is 6.07. The van der Waals surface area contributed by atoms with E-state index in [4.69, 9.17) is 17.3 Å². The maximum atomic E-state index is 11.9. The number of halogens is 1. The lowest BCUT2D eigenvalue weighted by Gasteiger charge is -2.41. The Bertz CT molecular complexity index is 428. The van der Waals surface area contributed by atoms with E-state index in [-0.39, 0.29) is 5.91 Å². The van der Waals surface area contributed by atoms with Crippen molar-refractivity contribution in [3.05, 3.63) is 34.9 Å². The van der Waals surface area contributed by atoms with E-state index in [2.05, 4.69) is 10.2 Å². The molecule has 1 aromatic carbocycles. The van der Waals surface area contributed by atoms with Gasteiger partial charge < -0.3 is 11.1 Å². The Morgan fingerprint density at radius 2 is 1.89 bits per heavy atom. The van der Waals surface area contributed by atoms with Crippen LogP contribution in [0.1, 0.15) is 12.5 Å². The van der Waals surface area contributed by atoms with Crippen molar-refractivity contribution in [2.45, 2.75) is 12.5 Å². The number of benzene rings is 1. The van der Waals surface area contributed by atoms with Gasteiger partial charge in [0.1, 0.15) is 5.54 Å². The van der Waals surface area contributed by atoms with Crippen molar-refractivity contribution in [1.82, 2.24) is 10.2 Å². The molecule has 0 saturated carbocycles. The number of carbonyl (C=O) groups excluding carboxylic acids is 1. The van der Waals surface area contributed by atoms with Gasteiger partial charge in [-0.25, -0.2) is 0 Å². The number of hydrogen-bond acceptors (Lipinski definition) is 3. The molecule has 0 spiro atoms. The van der Waals surface area contributed by atoms with Gasteiger partial charge in [0.05, 0.1) is 0 Å². The number of primary amides is 1. The molecule has 1 saturated heterocycles. The highest BCUT2D eigenvalue weighted by Crippen LogP contribution is 2.29. The zero-order chi connectivity index (χ0) is 13.2. The van der Waals surface area contributed by atoms with Crippen molar-refractivity contribution < 1.29 is 4.79 Å². The Morgan fingerprint density at radius 3 is 2.39 bits per heavy atom. The van der Waals surface area contributed by atoms with Crippen LogP contribution in [0.4, 0.5) is 0 Å². The molecule has 18 heavy (non-hydrogen) atoms. The van der Waals surface area contributed by atoms with Crippen LogP contribution in [0.3, 0.4) is 0 Å². The fourth-order valence-corrected chi connectivity index (χ4v) is 2.49. The van der Waals surface area contributed by atoms with Gasteiger partial charge in [-0.15, -0.1) is 0 Å². The maximum Gasteiger partial charge on any atom is 0.242 e. The zero-order valence-corrected chi connectivity index (χ0v) is 11.2. The molecule has 1 aromatic rings. The van der Waals surface area contributed by atoms with Gasteiger partial charge >= 0.3 is 0 Å². The molecule has 1 amide bonds. The van der Waals surface area contributed by atoms with Gasteiger partial charge in [0.25, 0.3) is 0 Å². The quantitative estimate of drug-likeness (QED) is 0.857. The van der Waals surface area contributed by atoms with E-state index in [1.54, 1.807) is 12.1 Å². The predicted octanol–water partition coefficient (Wildman–Crippen LogP) is 0.946. The van der Waals surface area contributed by atoms with Gasteiger partial charge in [-0.2, -0.15) is 0 Å². The molecule has 0 bridgehead atoms. The predicted molar refractivity (Wildman–Crippen MR) is 72.4 cm³/mol. The molecule has 1 unspecified atom stereocenters. The number of piperazine rings is 1. The Hall–Kier alpha value is -1.10. The molecule has 5 heteroatoms. The Balaban J connectivity index is 2.36. The molecule has 1 atom stereocenters. The van der Waals surface area contributed by atoms with Crippen LogP contribution in [0, 0.1) is 0 Å². The van der Waals surface area contributed by atoms with Crippen molar-refractivity contribution in [3.63, 3.8) is 0 Å². The number of hydrogen-bond donors (Lipinski definition) is 2. The Morgan fingerprint density at radius 1 is 1.33 bits per heavy atom. The van der Waals surface area contributed by atoms with Crippen molar-refractivity contribution >= 4 is 17.5 Å². The van der Waals surface area contributed by atoms with Crippen LogP contribution in [0.15, 0.2) is 24.3 Å². The molecular weight excluding hydrogens is 250 g/mol. The SMILES string of the molecule is CC(C(N)=O)(c1ccc(Cl)cc1)N1CCNCC1. The monoisotopic (exact) mass is 267 g/mol. The van der Waals surface area contributed by atoms with Gasteiger partial charge in [-0.05, 0) is 24.6 Å². The molecule has 1 fully saturated rings. The normalized spacial score (nSPS) is 20.3. The lowest BCUT2D eigenvalue weighted by Crippen LogP contribution is -2.58. The molecule has 1 aliphatic rings. The highest BCUT2D eigenvalue weighted by atomic mass is 35.5. The number of rotatable bonds is 3. The summed E-state index contributed by atoms with van der Waals surface area (Å²) in [5.41, 5.74) is 5.76. The number of carbonyl (C=O) groups is 1. The van der Waals surface area contributed by atoms with E-state index >= 15 is 0 Å². The molecule has 0 aromatic heterocycles. The van der Waals surface area contributed by atoms with E-state index in [1.807, 2.05) is 19.1 Å². The first-order valence-corrected chi connectivity index (χ1v) is 6.44. The van der Waals surface area contributed by atoms with E-state index in [0.29, 0.717) is 5.02 Å². The van der Waals surface area contributed by atoms with E-state index < -0.39 is 5.54 Å². The van der Waals surface area contributed by atoms with Crippen molar-refractivity contribution in [2.24, 2.45) is 5.73 Å². The Labute approximate surface area is 112 Å². The largest absolute Gasteiger partial charge is 0.368 e. The zero-order valence-electron chi connectivity index (χ0n) is 10.4. The first kappa shape index (κ1) is 13.3. The lowest BCUT2D eigenvalue weighted by molar-refractivity contribution is -0.130. The number of nitrogens with one attached hydrogen (secondary N) is 1. The van der Waals surface area contributed by atoms with Gasteiger partial charge in [-0.3, -0.25) is 9.69 Å². The van der Waals surface area contributed by atoms with Gasteiger partial charge in [-0.1, -0.05) is 23.7 Å². The van der Waals surface area contributed by atoms with E-state index in [1.165, 1.54) is 0 Å². The minimum Gasteiger partial charge on any atom is -0.368 e. The molecule has 4 nitrogen and oxygen atoms in total. The standard InChI is InChI=1S/C13H18ClN3O/c1-13(12(15)18,17-8-6-16-7-9-17)10-2-4-11(14)5-3-10/h2-5,16H,6-9H2,1H3,(H2,15,18). The summed E-state index contributed by atoms with van der Waals surface area (Å²) < 4.78 is 0. The minimum absolute atomic E-state index is 0.327. The van der Waals surface area contributed by atoms with Gasteiger partial charge in [0.2, 0.25) is 5.91 Å². The molecule has 0 radical (unpaired) electrons. The third kappa shape index (κ3) is 2.36. The fraction of sp³-hybridized carbons (Fsp3) is 0.462. The van der Waals surface area contributed by atoms with Crippen LogP contribution < -0.4 is 11.1 Å². The second-order valence-corrected chi connectivity index (χ2v) is 5.12. The minimum atomic E-state index is -0.771. The summed E-state index contributed by atoms with van der Waals surface area (Å²) >= 11 is 5.89. The second kappa shape index (κ2) is 5.26. The summed E-state index contributed by atoms with van der Waals surface area (Å²) in [6, 6.07) is 7.32. The van der Waals surface area contributed by atoms with Crippen LogP contribution in [-0.2, 0) is 10.3 Å². The van der Waals surface area contributed by atoms with Crippen LogP contribution in [0.2, 0.25) is 5.02 Å². The average molecular weight is 268 g/mol. The third-order valence-electron chi connectivity index (χ3n) is 3.64. The van der Waals surface area contributed by atoms with Crippen LogP contribution in [0.25, 0.3) is 0 Å². The molecule has 3 N–H and O–H groups in total. The molecule has 1 aliphatic heterocycles. The summed E-state index contributed by atoms with van der Waals surface area (Å²) in [6.45, 7) is 5.24. The average Bonchev–Trinajstić information content (AvgIpc) is 2.39. The summed E-state index contributed by atoms with van der Waals surface area (Å²) in [6.07, 6.45) is 0. The summed E-state index contributed by atoms with van der Waals surface area (Å²) in [5, 5.41) is 3.93. The van der Waals surface area contributed by atoms with Crippen LogP contribution >= 0.6 is 11.6 Å². The van der Waals surface area contributed by atoms with E-state index in [9.17, 15) is 4.79 Å². The summed E-state index contributed by atoms with van der Waals surface area (Å²) in [7, 11) is 0. The topological polar surface area (TPSA) is 58.4 Å². The molecule has 98 valence electrons. The molecule has 2 rings (SSSR count). The molecule has 1 heterocycles. The Kier molecular flexibility index (Phi) is 3.90. The van der Waals surface area contributed by atoms with Crippen LogP contribution in [-0.4, -0.2) is 37.0 Å². The van der Waals surface area contributed by atoms with Crippen LogP contribution in [0.5, 0.6) is 0 Å². The highest BCUT2D eigenvalue weighted by Gasteiger charge is 2.39. The highest BCUT2D eigenvalue weighted by molar-refractivity contribution is 6.30. The summed E-state index contributed by atoms with van der Waals surface area (Å²) in [5.74, 6) is -0.327. The first-order chi connectivity index (χ1) is 8.55. The van der Waals surface area contributed by atoms with E-state index in [0.717, 1.165) is 31.7 Å². The smallest absolute Gasteiger partial charge is 0.242 e. The molecule has 0 aliphatic carbocycles. The van der Waals surface area contributed by atoms with Crippen molar-refractivity contribution in [1.29, 1.82) is 0 Å². The van der Waals surface area contributed by atoms with Gasteiger partial charge in [0.15, 0.2) is 0 Å². The fourth-order valence-electron chi connectivity index (χ4n) is 2.37. The third-order valence-corrected chi connectivity index (χ3v) is 3.89. The number of nitrogens with two attached hydrogens (primary N) is 1. The summed E-state index contributed by atoms with van der Waals surface area (Å²) in [4.78, 5) is 14.1. The lowest BCUT2D eigenvalue weighted by atomic mass is 9.88. The van der Waals surface area contributed by atoms with Crippen molar-refractivity contribution in [3.8, 4) is 0 Å². The molecular formula is C13H18ClN3O. The number of amides is 1. The van der Waals surface area contributed by atoms with Crippen molar-refractivity contribution in [2.75, 3.05) is 26.2 Å². The second-order valence-electron chi connectivity index (χ2n) is 4.68. The number of nitrogens with zero attached hydrogens (tertiary/aromatic N) is 1. The van der Waals surface area contributed by atoms with Gasteiger partial charge in [0, 0.05) is 31.2 Å².